The fraction of sp³-hybridized carbons (Fsp3) is 0.414. The zero-order valence-electron chi connectivity index (χ0n) is 21.9. The largest absolute Gasteiger partial charge is 0.444 e. The summed E-state index contributed by atoms with van der Waals surface area (Å²) in [4.78, 5) is 27.8. The van der Waals surface area contributed by atoms with Crippen LogP contribution in [0.1, 0.15) is 73.6 Å². The molecule has 0 saturated carbocycles. The number of likely N-dealkylation sites (tertiary alicyclic amines) is 1. The van der Waals surface area contributed by atoms with Crippen molar-refractivity contribution >= 4 is 17.7 Å². The number of carbonyl (C=O) groups is 2. The number of aromatic nitrogens is 2. The van der Waals surface area contributed by atoms with Gasteiger partial charge in [0.1, 0.15) is 5.60 Å². The number of nitrogens with zero attached hydrogens (tertiary/aromatic N) is 3. The van der Waals surface area contributed by atoms with Gasteiger partial charge in [-0.15, -0.1) is 0 Å². The van der Waals surface area contributed by atoms with Crippen molar-refractivity contribution in [2.75, 3.05) is 18.4 Å². The van der Waals surface area contributed by atoms with Crippen molar-refractivity contribution in [3.63, 3.8) is 0 Å². The summed E-state index contributed by atoms with van der Waals surface area (Å²) in [6.45, 7) is 10.9. The first-order valence-corrected chi connectivity index (χ1v) is 12.7. The molecule has 1 saturated heterocycles. The van der Waals surface area contributed by atoms with Gasteiger partial charge in [0.05, 0.1) is 23.1 Å². The summed E-state index contributed by atoms with van der Waals surface area (Å²) in [5, 5.41) is 7.69. The second kappa shape index (κ2) is 10.6. The van der Waals surface area contributed by atoms with Crippen molar-refractivity contribution in [2.45, 2.75) is 65.4 Å². The second-order valence-corrected chi connectivity index (χ2v) is 10.4. The van der Waals surface area contributed by atoms with E-state index in [2.05, 4.69) is 23.4 Å². The van der Waals surface area contributed by atoms with Crippen molar-refractivity contribution in [3.05, 3.63) is 77.1 Å². The van der Waals surface area contributed by atoms with Crippen LogP contribution in [0.25, 0.3) is 5.69 Å². The zero-order valence-corrected chi connectivity index (χ0v) is 21.9. The van der Waals surface area contributed by atoms with E-state index in [4.69, 9.17) is 4.74 Å². The van der Waals surface area contributed by atoms with Crippen LogP contribution in [-0.4, -0.2) is 45.4 Å². The molecular weight excluding hydrogens is 452 g/mol. The highest BCUT2D eigenvalue weighted by atomic mass is 16.6. The van der Waals surface area contributed by atoms with Crippen LogP contribution in [0.5, 0.6) is 0 Å². The number of amides is 2. The van der Waals surface area contributed by atoms with Gasteiger partial charge in [-0.1, -0.05) is 31.2 Å². The van der Waals surface area contributed by atoms with E-state index in [9.17, 15) is 9.59 Å². The van der Waals surface area contributed by atoms with E-state index >= 15 is 0 Å². The summed E-state index contributed by atoms with van der Waals surface area (Å²) >= 11 is 0. The molecular formula is C29H36N4O3. The Morgan fingerprint density at radius 2 is 1.78 bits per heavy atom. The number of aryl methyl sites for hydroxylation is 2. The van der Waals surface area contributed by atoms with Gasteiger partial charge >= 0.3 is 6.09 Å². The van der Waals surface area contributed by atoms with Crippen LogP contribution in [0.15, 0.2) is 54.7 Å². The molecule has 4 rings (SSSR count). The zero-order chi connectivity index (χ0) is 25.9. The van der Waals surface area contributed by atoms with E-state index < -0.39 is 5.60 Å². The maximum atomic E-state index is 13.4. The van der Waals surface area contributed by atoms with Crippen LogP contribution < -0.4 is 5.32 Å². The Kier molecular flexibility index (Phi) is 7.48. The van der Waals surface area contributed by atoms with E-state index in [1.807, 2.05) is 74.8 Å². The number of carbonyl (C=O) groups excluding carboxylic acids is 2. The van der Waals surface area contributed by atoms with Crippen LogP contribution in [-0.2, 0) is 11.2 Å². The van der Waals surface area contributed by atoms with Gasteiger partial charge in [0.25, 0.3) is 5.91 Å². The molecule has 1 aliphatic heterocycles. The first-order valence-electron chi connectivity index (χ1n) is 12.7. The number of nitrogens with one attached hydrogen (secondary N) is 1. The number of anilines is 1. The average molecular weight is 489 g/mol. The second-order valence-electron chi connectivity index (χ2n) is 10.4. The molecule has 0 atom stereocenters. The molecule has 7 nitrogen and oxygen atoms in total. The monoisotopic (exact) mass is 488 g/mol. The maximum Gasteiger partial charge on any atom is 0.410 e. The van der Waals surface area contributed by atoms with Gasteiger partial charge in [-0.3, -0.25) is 4.79 Å². The van der Waals surface area contributed by atoms with Crippen LogP contribution in [0, 0.1) is 6.92 Å². The predicted molar refractivity (Wildman–Crippen MR) is 142 cm³/mol. The lowest BCUT2D eigenvalue weighted by molar-refractivity contribution is 0.0203. The Hall–Kier alpha value is -3.61. The Morgan fingerprint density at radius 3 is 2.39 bits per heavy atom. The summed E-state index contributed by atoms with van der Waals surface area (Å²) in [6.07, 6.45) is 3.77. The minimum atomic E-state index is -0.529. The fourth-order valence-corrected chi connectivity index (χ4v) is 4.58. The normalized spacial score (nSPS) is 14.5. The molecule has 7 heteroatoms. The summed E-state index contributed by atoms with van der Waals surface area (Å²) in [5.41, 5.74) is 4.93. The van der Waals surface area contributed by atoms with Crippen LogP contribution in [0.4, 0.5) is 10.5 Å². The Labute approximate surface area is 213 Å². The van der Waals surface area contributed by atoms with E-state index in [0.29, 0.717) is 18.7 Å². The summed E-state index contributed by atoms with van der Waals surface area (Å²) in [7, 11) is 0. The molecule has 0 radical (unpaired) electrons. The molecule has 1 aromatic heterocycles. The van der Waals surface area contributed by atoms with Gasteiger partial charge in [0.15, 0.2) is 0 Å². The molecule has 2 aromatic carbocycles. The Morgan fingerprint density at radius 1 is 1.08 bits per heavy atom. The van der Waals surface area contributed by atoms with Crippen LogP contribution in [0.2, 0.25) is 0 Å². The molecule has 2 heterocycles. The van der Waals surface area contributed by atoms with E-state index in [1.165, 1.54) is 5.56 Å². The summed E-state index contributed by atoms with van der Waals surface area (Å²) in [6, 6.07) is 16.0. The molecule has 190 valence electrons. The molecule has 36 heavy (non-hydrogen) atoms. The summed E-state index contributed by atoms with van der Waals surface area (Å²) < 4.78 is 7.44. The Balaban J connectivity index is 1.60. The molecule has 1 fully saturated rings. The van der Waals surface area contributed by atoms with E-state index in [1.54, 1.807) is 11.1 Å². The van der Waals surface area contributed by atoms with Crippen LogP contribution in [0.3, 0.4) is 0 Å². The molecule has 0 spiro atoms. The van der Waals surface area contributed by atoms with Crippen molar-refractivity contribution < 1.29 is 14.3 Å². The van der Waals surface area contributed by atoms with Crippen molar-refractivity contribution in [1.82, 2.24) is 14.7 Å². The number of hydrogen-bond acceptors (Lipinski definition) is 4. The third-order valence-corrected chi connectivity index (χ3v) is 6.45. The van der Waals surface area contributed by atoms with E-state index in [-0.39, 0.29) is 17.9 Å². The minimum absolute atomic E-state index is 0.0786. The smallest absolute Gasteiger partial charge is 0.410 e. The number of benzene rings is 2. The SMILES string of the molecule is CCc1ccc(NC(=O)c2cnn(-c3cccc(C)c3)c2C2CCN(C(=O)OC(C)(C)C)CC2)cc1. The van der Waals surface area contributed by atoms with E-state index in [0.717, 1.165) is 41.9 Å². The van der Waals surface area contributed by atoms with Gasteiger partial charge < -0.3 is 15.0 Å². The molecule has 2 amide bonds. The molecule has 0 bridgehead atoms. The van der Waals surface area contributed by atoms with Gasteiger partial charge in [0, 0.05) is 24.7 Å². The lowest BCUT2D eigenvalue weighted by Gasteiger charge is -2.34. The number of piperidine rings is 1. The van der Waals surface area contributed by atoms with Crippen molar-refractivity contribution in [1.29, 1.82) is 0 Å². The quantitative estimate of drug-likeness (QED) is 0.470. The highest BCUT2D eigenvalue weighted by Crippen LogP contribution is 2.33. The third kappa shape index (κ3) is 5.96. The maximum absolute atomic E-state index is 13.4. The van der Waals surface area contributed by atoms with Crippen molar-refractivity contribution in [2.24, 2.45) is 0 Å². The van der Waals surface area contributed by atoms with Crippen molar-refractivity contribution in [3.8, 4) is 5.69 Å². The molecule has 0 aliphatic carbocycles. The topological polar surface area (TPSA) is 76.5 Å². The fourth-order valence-electron chi connectivity index (χ4n) is 4.58. The third-order valence-electron chi connectivity index (χ3n) is 6.45. The average Bonchev–Trinajstić information content (AvgIpc) is 3.29. The Bertz CT molecular complexity index is 1220. The lowest BCUT2D eigenvalue weighted by atomic mass is 9.90. The summed E-state index contributed by atoms with van der Waals surface area (Å²) in [5.74, 6) is -0.0994. The highest BCUT2D eigenvalue weighted by Gasteiger charge is 2.32. The van der Waals surface area contributed by atoms with Gasteiger partial charge in [-0.25, -0.2) is 9.48 Å². The first kappa shape index (κ1) is 25.5. The minimum Gasteiger partial charge on any atom is -0.444 e. The predicted octanol–water partition coefficient (Wildman–Crippen LogP) is 6.11. The van der Waals surface area contributed by atoms with Gasteiger partial charge in [-0.05, 0) is 82.3 Å². The molecule has 3 aromatic rings. The van der Waals surface area contributed by atoms with Gasteiger partial charge in [0.2, 0.25) is 0 Å². The lowest BCUT2D eigenvalue weighted by Crippen LogP contribution is -2.41. The number of ether oxygens (including phenoxy) is 1. The molecule has 0 unspecified atom stereocenters. The first-order chi connectivity index (χ1) is 17.1. The van der Waals surface area contributed by atoms with Crippen LogP contribution >= 0.6 is 0 Å². The van der Waals surface area contributed by atoms with Gasteiger partial charge in [-0.2, -0.15) is 5.10 Å². The number of hydrogen-bond donors (Lipinski definition) is 1. The molecule has 1 N–H and O–H groups in total. The number of rotatable bonds is 5. The molecule has 1 aliphatic rings. The highest BCUT2D eigenvalue weighted by molar-refractivity contribution is 6.05. The standard InChI is InChI=1S/C29H36N4O3/c1-6-21-10-12-23(13-11-21)31-27(34)25-19-30-33(24-9-7-8-20(2)18-24)26(25)22-14-16-32(17-15-22)28(35)36-29(3,4)5/h7-13,18-19,22H,6,14-17H2,1-5H3,(H,31,34).